The fourth-order valence-electron chi connectivity index (χ4n) is 2.86. The quantitative estimate of drug-likeness (QED) is 0.674. The molecule has 0 aliphatic carbocycles. The van der Waals surface area contributed by atoms with Crippen LogP contribution in [0.25, 0.3) is 10.9 Å². The third kappa shape index (κ3) is 3.52. The third-order valence-electron chi connectivity index (χ3n) is 4.08. The second kappa shape index (κ2) is 7.52. The van der Waals surface area contributed by atoms with Gasteiger partial charge in [0.1, 0.15) is 12.4 Å². The maximum absolute atomic E-state index is 12.7. The van der Waals surface area contributed by atoms with Crippen LogP contribution >= 0.6 is 0 Å². The number of pyridine rings is 1. The van der Waals surface area contributed by atoms with E-state index < -0.39 is 0 Å². The molecule has 0 saturated heterocycles. The van der Waals surface area contributed by atoms with E-state index in [2.05, 4.69) is 0 Å². The van der Waals surface area contributed by atoms with E-state index >= 15 is 0 Å². The Balaban J connectivity index is 2.10. The first-order valence-corrected chi connectivity index (χ1v) is 8.55. The Labute approximate surface area is 152 Å². The van der Waals surface area contributed by atoms with Crippen LogP contribution in [0, 0.1) is 0 Å². The topological polar surface area (TPSA) is 49.7 Å². The summed E-state index contributed by atoms with van der Waals surface area (Å²) in [5.41, 5.74) is 1.50. The van der Waals surface area contributed by atoms with Gasteiger partial charge < -0.3 is 18.8 Å². The summed E-state index contributed by atoms with van der Waals surface area (Å²) in [6, 6.07) is 15.4. The van der Waals surface area contributed by atoms with Crippen molar-refractivity contribution in [3.05, 3.63) is 64.4 Å². The van der Waals surface area contributed by atoms with Crippen molar-refractivity contribution in [2.45, 2.75) is 26.6 Å². The highest BCUT2D eigenvalue weighted by molar-refractivity contribution is 5.89. The zero-order chi connectivity index (χ0) is 18.7. The summed E-state index contributed by atoms with van der Waals surface area (Å²) in [5, 5.41) is 0.802. The van der Waals surface area contributed by atoms with Crippen molar-refractivity contribution in [2.75, 3.05) is 7.11 Å². The standard InChI is InChI=1S/C21H23NO4/c1-14(2)26-16-10-11-17-18(12-16)22(3)21(23)20(24-4)19(17)25-13-15-8-6-5-7-9-15/h5-12,14H,13H2,1-4H3. The van der Waals surface area contributed by atoms with Gasteiger partial charge in [0.15, 0.2) is 5.75 Å². The van der Waals surface area contributed by atoms with Crippen molar-refractivity contribution in [2.24, 2.45) is 7.05 Å². The van der Waals surface area contributed by atoms with Gasteiger partial charge in [0.05, 0.1) is 18.7 Å². The van der Waals surface area contributed by atoms with Gasteiger partial charge in [-0.15, -0.1) is 0 Å². The molecule has 1 heterocycles. The number of benzene rings is 2. The van der Waals surface area contributed by atoms with Gasteiger partial charge in [0.2, 0.25) is 5.75 Å². The van der Waals surface area contributed by atoms with Crippen LogP contribution in [0.4, 0.5) is 0 Å². The van der Waals surface area contributed by atoms with Crippen molar-refractivity contribution in [1.29, 1.82) is 0 Å². The molecule has 1 aromatic heterocycles. The number of methoxy groups -OCH3 is 1. The molecule has 0 atom stereocenters. The van der Waals surface area contributed by atoms with Gasteiger partial charge in [-0.1, -0.05) is 30.3 Å². The summed E-state index contributed by atoms with van der Waals surface area (Å²) in [4.78, 5) is 12.7. The van der Waals surface area contributed by atoms with Gasteiger partial charge in [-0.2, -0.15) is 0 Å². The molecule has 2 aromatic carbocycles. The fraction of sp³-hybridized carbons (Fsp3) is 0.286. The van der Waals surface area contributed by atoms with E-state index in [1.54, 1.807) is 11.6 Å². The Bertz CT molecular complexity index is 961. The van der Waals surface area contributed by atoms with Gasteiger partial charge in [0, 0.05) is 18.5 Å². The summed E-state index contributed by atoms with van der Waals surface area (Å²) in [7, 11) is 3.20. The van der Waals surface area contributed by atoms with E-state index in [1.165, 1.54) is 7.11 Å². The summed E-state index contributed by atoms with van der Waals surface area (Å²) in [6.45, 7) is 4.28. The SMILES string of the molecule is COc1c(OCc2ccccc2)c2ccc(OC(C)C)cc2n(C)c1=O. The zero-order valence-electron chi connectivity index (χ0n) is 15.5. The first-order chi connectivity index (χ1) is 12.5. The van der Waals surface area contributed by atoms with E-state index in [1.807, 2.05) is 62.4 Å². The second-order valence-electron chi connectivity index (χ2n) is 6.35. The molecule has 0 amide bonds. The van der Waals surface area contributed by atoms with Crippen LogP contribution in [-0.2, 0) is 13.7 Å². The van der Waals surface area contributed by atoms with E-state index in [0.29, 0.717) is 18.1 Å². The van der Waals surface area contributed by atoms with Gasteiger partial charge in [0.25, 0.3) is 5.56 Å². The molecule has 0 aliphatic rings. The zero-order valence-corrected chi connectivity index (χ0v) is 15.5. The Morgan fingerprint density at radius 3 is 2.42 bits per heavy atom. The highest BCUT2D eigenvalue weighted by Crippen LogP contribution is 2.34. The predicted molar refractivity (Wildman–Crippen MR) is 102 cm³/mol. The molecule has 26 heavy (non-hydrogen) atoms. The number of rotatable bonds is 6. The van der Waals surface area contributed by atoms with Gasteiger partial charge in [-0.25, -0.2) is 0 Å². The van der Waals surface area contributed by atoms with E-state index in [-0.39, 0.29) is 17.4 Å². The molecule has 0 spiro atoms. The third-order valence-corrected chi connectivity index (χ3v) is 4.08. The summed E-state index contributed by atoms with van der Waals surface area (Å²) in [6.07, 6.45) is 0.0523. The number of hydrogen-bond donors (Lipinski definition) is 0. The highest BCUT2D eigenvalue weighted by atomic mass is 16.5. The van der Waals surface area contributed by atoms with Crippen LogP contribution in [0.15, 0.2) is 53.3 Å². The summed E-state index contributed by atoms with van der Waals surface area (Å²) >= 11 is 0. The first kappa shape index (κ1) is 17.9. The molecule has 0 bridgehead atoms. The second-order valence-corrected chi connectivity index (χ2v) is 6.35. The van der Waals surface area contributed by atoms with Crippen molar-refractivity contribution >= 4 is 10.9 Å². The van der Waals surface area contributed by atoms with Crippen LogP contribution in [0.3, 0.4) is 0 Å². The van der Waals surface area contributed by atoms with Gasteiger partial charge in [-0.3, -0.25) is 4.79 Å². The maximum atomic E-state index is 12.7. The number of fused-ring (bicyclic) bond motifs is 1. The minimum Gasteiger partial charge on any atom is -0.491 e. The fourth-order valence-corrected chi connectivity index (χ4v) is 2.86. The van der Waals surface area contributed by atoms with Gasteiger partial charge in [-0.05, 0) is 31.5 Å². The lowest BCUT2D eigenvalue weighted by Crippen LogP contribution is -2.20. The average molecular weight is 353 g/mol. The molecule has 0 radical (unpaired) electrons. The van der Waals surface area contributed by atoms with Crippen LogP contribution in [-0.4, -0.2) is 17.8 Å². The van der Waals surface area contributed by atoms with E-state index in [0.717, 1.165) is 16.5 Å². The normalized spacial score (nSPS) is 11.0. The predicted octanol–water partition coefficient (Wildman–Crippen LogP) is 3.91. The number of aromatic nitrogens is 1. The molecule has 0 unspecified atom stereocenters. The molecule has 5 heteroatoms. The summed E-state index contributed by atoms with van der Waals surface area (Å²) in [5.74, 6) is 1.36. The molecular formula is C21H23NO4. The number of hydrogen-bond acceptors (Lipinski definition) is 4. The minimum absolute atomic E-state index is 0.0523. The lowest BCUT2D eigenvalue weighted by molar-refractivity contribution is 0.242. The van der Waals surface area contributed by atoms with Crippen molar-refractivity contribution < 1.29 is 14.2 Å². The molecule has 3 aromatic rings. The van der Waals surface area contributed by atoms with E-state index in [9.17, 15) is 4.79 Å². The number of ether oxygens (including phenoxy) is 3. The molecular weight excluding hydrogens is 330 g/mol. The van der Waals surface area contributed by atoms with Crippen LogP contribution in [0.2, 0.25) is 0 Å². The number of nitrogens with zero attached hydrogens (tertiary/aromatic N) is 1. The molecule has 0 fully saturated rings. The van der Waals surface area contributed by atoms with Crippen LogP contribution in [0.1, 0.15) is 19.4 Å². The lowest BCUT2D eigenvalue weighted by Gasteiger charge is -2.17. The lowest BCUT2D eigenvalue weighted by atomic mass is 10.1. The Kier molecular flexibility index (Phi) is 5.16. The monoisotopic (exact) mass is 353 g/mol. The van der Waals surface area contributed by atoms with Crippen molar-refractivity contribution in [1.82, 2.24) is 4.57 Å². The smallest absolute Gasteiger partial charge is 0.297 e. The largest absolute Gasteiger partial charge is 0.491 e. The van der Waals surface area contributed by atoms with E-state index in [4.69, 9.17) is 14.2 Å². The van der Waals surface area contributed by atoms with Crippen LogP contribution in [0.5, 0.6) is 17.2 Å². The van der Waals surface area contributed by atoms with Gasteiger partial charge >= 0.3 is 0 Å². The summed E-state index contributed by atoms with van der Waals surface area (Å²) < 4.78 is 18.7. The Morgan fingerprint density at radius 2 is 1.77 bits per heavy atom. The molecule has 5 nitrogen and oxygen atoms in total. The van der Waals surface area contributed by atoms with Crippen molar-refractivity contribution in [3.63, 3.8) is 0 Å². The van der Waals surface area contributed by atoms with Crippen LogP contribution < -0.4 is 19.8 Å². The molecule has 3 rings (SSSR count). The molecule has 0 N–H and O–H groups in total. The Morgan fingerprint density at radius 1 is 1.04 bits per heavy atom. The Hall–Kier alpha value is -2.95. The average Bonchev–Trinajstić information content (AvgIpc) is 2.64. The van der Waals surface area contributed by atoms with Crippen molar-refractivity contribution in [3.8, 4) is 17.2 Å². The molecule has 0 aliphatic heterocycles. The highest BCUT2D eigenvalue weighted by Gasteiger charge is 2.18. The molecule has 136 valence electrons. The first-order valence-electron chi connectivity index (χ1n) is 8.55. The molecule has 0 saturated carbocycles. The minimum atomic E-state index is -0.246. The maximum Gasteiger partial charge on any atom is 0.297 e. The number of aryl methyl sites for hydroxylation is 1.